The molecular weight excluding hydrogens is 329 g/mol. The number of hydrogen-bond donors (Lipinski definition) is 2. The van der Waals surface area contributed by atoms with Crippen LogP contribution in [0, 0.1) is 6.92 Å². The predicted molar refractivity (Wildman–Crippen MR) is 77.0 cm³/mol. The third-order valence-corrected chi connectivity index (χ3v) is 3.16. The third-order valence-electron chi connectivity index (χ3n) is 3.16. The van der Waals surface area contributed by atoms with E-state index in [1.807, 2.05) is 0 Å². The number of amides is 2. The highest BCUT2D eigenvalue weighted by molar-refractivity contribution is 6.01. The van der Waals surface area contributed by atoms with Crippen molar-refractivity contribution in [3.63, 3.8) is 0 Å². The predicted octanol–water partition coefficient (Wildman–Crippen LogP) is 1.16. The highest BCUT2D eigenvalue weighted by atomic mass is 19.4. The maximum atomic E-state index is 12.6. The molecule has 2 heterocycles. The van der Waals surface area contributed by atoms with Crippen LogP contribution in [0.25, 0.3) is 0 Å². The van der Waals surface area contributed by atoms with E-state index < -0.39 is 30.2 Å². The minimum absolute atomic E-state index is 0.0928. The molecule has 0 atom stereocenters. The van der Waals surface area contributed by atoms with E-state index in [4.69, 9.17) is 5.73 Å². The van der Waals surface area contributed by atoms with Crippen molar-refractivity contribution >= 4 is 17.5 Å². The van der Waals surface area contributed by atoms with Crippen LogP contribution in [0.15, 0.2) is 12.3 Å². The molecule has 0 unspecified atom stereocenters. The fourth-order valence-corrected chi connectivity index (χ4v) is 1.99. The molecule has 130 valence electrons. The first kappa shape index (κ1) is 17.5. The van der Waals surface area contributed by atoms with Crippen molar-refractivity contribution < 1.29 is 22.8 Å². The van der Waals surface area contributed by atoms with E-state index in [9.17, 15) is 22.8 Å². The number of aryl methyl sites for hydroxylation is 2. The highest BCUT2D eigenvalue weighted by Gasteiger charge is 2.34. The second-order valence-corrected chi connectivity index (χ2v) is 4.99. The lowest BCUT2D eigenvalue weighted by atomic mass is 10.3. The van der Waals surface area contributed by atoms with E-state index in [1.165, 1.54) is 17.8 Å². The zero-order valence-corrected chi connectivity index (χ0v) is 12.9. The molecule has 0 aliphatic heterocycles. The van der Waals surface area contributed by atoms with Gasteiger partial charge in [-0.15, -0.1) is 0 Å². The molecule has 0 saturated heterocycles. The Labute approximate surface area is 134 Å². The van der Waals surface area contributed by atoms with Crippen molar-refractivity contribution in [2.24, 2.45) is 5.73 Å². The summed E-state index contributed by atoms with van der Waals surface area (Å²) in [5, 5.41) is 9.66. The van der Waals surface area contributed by atoms with Crippen LogP contribution in [-0.4, -0.2) is 31.4 Å². The van der Waals surface area contributed by atoms with Gasteiger partial charge in [0.15, 0.2) is 11.4 Å². The van der Waals surface area contributed by atoms with Crippen LogP contribution >= 0.6 is 0 Å². The summed E-state index contributed by atoms with van der Waals surface area (Å²) in [5.41, 5.74) is 4.24. The number of nitrogens with one attached hydrogen (secondary N) is 1. The number of nitrogens with zero attached hydrogens (tertiary/aromatic N) is 4. The fraction of sp³-hybridized carbons (Fsp3) is 0.385. The Hall–Kier alpha value is -2.85. The summed E-state index contributed by atoms with van der Waals surface area (Å²) < 4.78 is 40.2. The van der Waals surface area contributed by atoms with Gasteiger partial charge in [-0.05, 0) is 19.9 Å². The molecule has 24 heavy (non-hydrogen) atoms. The van der Waals surface area contributed by atoms with E-state index in [2.05, 4.69) is 15.5 Å². The molecule has 0 spiro atoms. The lowest BCUT2D eigenvalue weighted by Gasteiger charge is -2.06. The zero-order chi connectivity index (χ0) is 18.1. The van der Waals surface area contributed by atoms with Crippen molar-refractivity contribution in [1.29, 1.82) is 0 Å². The van der Waals surface area contributed by atoms with E-state index in [-0.39, 0.29) is 17.1 Å². The Morgan fingerprint density at radius 3 is 2.50 bits per heavy atom. The molecule has 0 aliphatic rings. The first-order valence-corrected chi connectivity index (χ1v) is 6.90. The number of alkyl halides is 3. The van der Waals surface area contributed by atoms with Crippen molar-refractivity contribution in [1.82, 2.24) is 19.6 Å². The lowest BCUT2D eigenvalue weighted by Crippen LogP contribution is -2.22. The van der Waals surface area contributed by atoms with Gasteiger partial charge in [-0.1, -0.05) is 0 Å². The van der Waals surface area contributed by atoms with Gasteiger partial charge in [0, 0.05) is 18.4 Å². The minimum Gasteiger partial charge on any atom is -0.364 e. The zero-order valence-electron chi connectivity index (χ0n) is 12.9. The smallest absolute Gasteiger partial charge is 0.364 e. The van der Waals surface area contributed by atoms with Crippen LogP contribution in [0.4, 0.5) is 18.9 Å². The first-order chi connectivity index (χ1) is 11.1. The molecule has 3 N–H and O–H groups in total. The summed E-state index contributed by atoms with van der Waals surface area (Å²) in [4.78, 5) is 23.3. The van der Waals surface area contributed by atoms with E-state index in [0.717, 1.165) is 10.7 Å². The molecule has 0 aromatic carbocycles. The van der Waals surface area contributed by atoms with Crippen LogP contribution in [-0.2, 0) is 24.1 Å². The molecule has 2 aromatic heterocycles. The number of hydrogen-bond acceptors (Lipinski definition) is 4. The Balaban J connectivity index is 2.16. The molecular formula is C13H15F3N6O2. The number of anilines is 1. The van der Waals surface area contributed by atoms with Gasteiger partial charge < -0.3 is 11.1 Å². The van der Waals surface area contributed by atoms with Gasteiger partial charge in [-0.25, -0.2) is 0 Å². The fourth-order valence-electron chi connectivity index (χ4n) is 1.99. The summed E-state index contributed by atoms with van der Waals surface area (Å²) in [6, 6.07) is 0.844. The summed E-state index contributed by atoms with van der Waals surface area (Å²) in [5.74, 6) is -1.49. The van der Waals surface area contributed by atoms with Crippen LogP contribution in [0.3, 0.4) is 0 Å². The summed E-state index contributed by atoms with van der Waals surface area (Å²) in [6.07, 6.45) is -3.18. The Morgan fingerprint density at radius 2 is 2.00 bits per heavy atom. The topological polar surface area (TPSA) is 108 Å². The van der Waals surface area contributed by atoms with Crippen molar-refractivity contribution in [3.8, 4) is 0 Å². The number of primary amides is 1. The van der Waals surface area contributed by atoms with Crippen molar-refractivity contribution in [3.05, 3.63) is 29.3 Å². The molecule has 2 aromatic rings. The summed E-state index contributed by atoms with van der Waals surface area (Å²) in [7, 11) is 0. The molecule has 2 amide bonds. The number of halogens is 3. The molecule has 8 nitrogen and oxygen atoms in total. The minimum atomic E-state index is -4.59. The van der Waals surface area contributed by atoms with Gasteiger partial charge >= 0.3 is 6.18 Å². The molecule has 0 bridgehead atoms. The average Bonchev–Trinajstić information content (AvgIpc) is 3.03. The van der Waals surface area contributed by atoms with Crippen LogP contribution < -0.4 is 11.1 Å². The maximum absolute atomic E-state index is 12.6. The number of carbonyl (C=O) groups excluding carboxylic acids is 2. The average molecular weight is 344 g/mol. The second-order valence-electron chi connectivity index (χ2n) is 4.99. The van der Waals surface area contributed by atoms with Gasteiger partial charge in [0.25, 0.3) is 5.91 Å². The molecule has 0 fully saturated rings. The van der Waals surface area contributed by atoms with Crippen LogP contribution in [0.2, 0.25) is 0 Å². The van der Waals surface area contributed by atoms with Gasteiger partial charge in [0.1, 0.15) is 6.54 Å². The van der Waals surface area contributed by atoms with Crippen LogP contribution in [0.1, 0.15) is 28.8 Å². The Morgan fingerprint density at radius 1 is 1.33 bits per heavy atom. The summed E-state index contributed by atoms with van der Waals surface area (Å²) >= 11 is 0. The SMILES string of the molecule is CCn1cc(NC(=O)Cn2nc(C(F)(F)F)cc2C)c(C(N)=O)n1. The molecule has 2 rings (SSSR count). The Kier molecular flexibility index (Phi) is 4.62. The normalized spacial score (nSPS) is 11.5. The Bertz CT molecular complexity index is 777. The number of rotatable bonds is 5. The molecule has 0 radical (unpaired) electrons. The molecule has 0 saturated carbocycles. The number of aromatic nitrogens is 4. The van der Waals surface area contributed by atoms with Gasteiger partial charge in [-0.2, -0.15) is 23.4 Å². The van der Waals surface area contributed by atoms with Crippen LogP contribution in [0.5, 0.6) is 0 Å². The quantitative estimate of drug-likeness (QED) is 0.848. The first-order valence-electron chi connectivity index (χ1n) is 6.90. The monoisotopic (exact) mass is 344 g/mol. The molecule has 0 aliphatic carbocycles. The van der Waals surface area contributed by atoms with Gasteiger partial charge in [0.2, 0.25) is 5.91 Å². The highest BCUT2D eigenvalue weighted by Crippen LogP contribution is 2.28. The van der Waals surface area contributed by atoms with E-state index in [1.54, 1.807) is 6.92 Å². The van der Waals surface area contributed by atoms with Crippen molar-refractivity contribution in [2.45, 2.75) is 33.1 Å². The number of nitrogens with two attached hydrogens (primary N) is 1. The maximum Gasteiger partial charge on any atom is 0.435 e. The third kappa shape index (κ3) is 3.73. The van der Waals surface area contributed by atoms with Gasteiger partial charge in [-0.3, -0.25) is 19.0 Å². The second kappa shape index (κ2) is 6.34. The number of carbonyl (C=O) groups is 2. The van der Waals surface area contributed by atoms with E-state index in [0.29, 0.717) is 6.54 Å². The largest absolute Gasteiger partial charge is 0.435 e. The molecule has 11 heteroatoms. The summed E-state index contributed by atoms with van der Waals surface area (Å²) in [6.45, 7) is 3.18. The standard InChI is InChI=1S/C13H15F3N6O2/c1-3-21-5-8(11(20-21)12(17)24)18-10(23)6-22-7(2)4-9(19-22)13(14,15)16/h4-5H,3,6H2,1-2H3,(H2,17,24)(H,18,23). The van der Waals surface area contributed by atoms with E-state index >= 15 is 0 Å². The lowest BCUT2D eigenvalue weighted by molar-refractivity contribution is -0.141. The van der Waals surface area contributed by atoms with Crippen molar-refractivity contribution in [2.75, 3.05) is 5.32 Å². The van der Waals surface area contributed by atoms with Gasteiger partial charge in [0.05, 0.1) is 5.69 Å².